The van der Waals surface area contributed by atoms with Crippen LogP contribution in [-0.2, 0) is 11.2 Å². The van der Waals surface area contributed by atoms with Gasteiger partial charge in [-0.05, 0) is 95.7 Å². The van der Waals surface area contributed by atoms with Gasteiger partial charge in [0.15, 0.2) is 0 Å². The van der Waals surface area contributed by atoms with Gasteiger partial charge in [0.05, 0.1) is 6.20 Å². The van der Waals surface area contributed by atoms with Crippen molar-refractivity contribution in [2.75, 3.05) is 0 Å². The molecule has 0 saturated heterocycles. The minimum atomic E-state index is -1.03. The van der Waals surface area contributed by atoms with Gasteiger partial charge < -0.3 is 9.84 Å². The van der Waals surface area contributed by atoms with Crippen LogP contribution in [0.2, 0.25) is 0 Å². The number of benzene rings is 2. The summed E-state index contributed by atoms with van der Waals surface area (Å²) in [5.41, 5.74) is 5.51. The standard InChI is InChI=1S/C31H30FNO3/c1-31-14-13-25-24-10-8-23(36-29(30(34)35)19-5-3-2-4-6-19)16-20(24)7-9-26(25)28(31)12-11-27(31)21-15-22(32)18-33-17-21/h2-6,8,10-11,15-18,25-26,28-29H,7,9,12-14H2,1H3,(H,34,35)/t25-,26-,28+,29?,31-/m1/s1. The van der Waals surface area contributed by atoms with E-state index in [9.17, 15) is 14.3 Å². The van der Waals surface area contributed by atoms with E-state index < -0.39 is 12.1 Å². The molecule has 0 aliphatic heterocycles. The van der Waals surface area contributed by atoms with Crippen LogP contribution in [0, 0.1) is 23.1 Å². The lowest BCUT2D eigenvalue weighted by atomic mass is 9.54. The third-order valence-electron chi connectivity index (χ3n) is 8.88. The number of carbonyl (C=O) groups is 1. The van der Waals surface area contributed by atoms with Crippen molar-refractivity contribution in [3.63, 3.8) is 0 Å². The number of carboxylic acids is 1. The molecule has 1 heterocycles. The zero-order valence-corrected chi connectivity index (χ0v) is 20.4. The number of rotatable bonds is 5. The number of carboxylic acid groups (broad SMARTS) is 1. The van der Waals surface area contributed by atoms with Gasteiger partial charge in [-0.2, -0.15) is 0 Å². The molecule has 5 atom stereocenters. The Labute approximate surface area is 210 Å². The smallest absolute Gasteiger partial charge is 0.349 e. The number of hydrogen-bond acceptors (Lipinski definition) is 3. The maximum Gasteiger partial charge on any atom is 0.349 e. The minimum absolute atomic E-state index is 0.0432. The Balaban J connectivity index is 1.24. The van der Waals surface area contributed by atoms with E-state index in [1.165, 1.54) is 22.9 Å². The van der Waals surface area contributed by atoms with Crippen molar-refractivity contribution >= 4 is 11.5 Å². The zero-order chi connectivity index (χ0) is 24.9. The molecular weight excluding hydrogens is 453 g/mol. The highest BCUT2D eigenvalue weighted by atomic mass is 19.1. The van der Waals surface area contributed by atoms with Gasteiger partial charge in [-0.3, -0.25) is 4.98 Å². The summed E-state index contributed by atoms with van der Waals surface area (Å²) in [6.45, 7) is 2.36. The van der Waals surface area contributed by atoms with Crippen LogP contribution in [0.4, 0.5) is 4.39 Å². The summed E-state index contributed by atoms with van der Waals surface area (Å²) in [5.74, 6) is 0.929. The largest absolute Gasteiger partial charge is 0.478 e. The second-order valence-corrected chi connectivity index (χ2v) is 10.7. The summed E-state index contributed by atoms with van der Waals surface area (Å²) in [7, 11) is 0. The number of fused-ring (bicyclic) bond motifs is 5. The van der Waals surface area contributed by atoms with E-state index in [-0.39, 0.29) is 11.2 Å². The van der Waals surface area contributed by atoms with Gasteiger partial charge in [0.1, 0.15) is 11.6 Å². The van der Waals surface area contributed by atoms with Crippen molar-refractivity contribution in [1.29, 1.82) is 0 Å². The number of halogens is 1. The van der Waals surface area contributed by atoms with Crippen LogP contribution in [0.3, 0.4) is 0 Å². The van der Waals surface area contributed by atoms with Crippen molar-refractivity contribution in [2.24, 2.45) is 17.3 Å². The monoisotopic (exact) mass is 483 g/mol. The minimum Gasteiger partial charge on any atom is -0.478 e. The Morgan fingerprint density at radius 2 is 1.97 bits per heavy atom. The highest BCUT2D eigenvalue weighted by Gasteiger charge is 2.52. The van der Waals surface area contributed by atoms with Crippen molar-refractivity contribution in [2.45, 2.75) is 51.0 Å². The number of aryl methyl sites for hydroxylation is 1. The van der Waals surface area contributed by atoms with Crippen molar-refractivity contribution in [3.8, 4) is 5.75 Å². The number of aromatic nitrogens is 1. The van der Waals surface area contributed by atoms with E-state index in [0.29, 0.717) is 29.1 Å². The lowest BCUT2D eigenvalue weighted by Gasteiger charge is -2.50. The van der Waals surface area contributed by atoms with Crippen LogP contribution in [-0.4, -0.2) is 16.1 Å². The molecule has 1 saturated carbocycles. The third kappa shape index (κ3) is 3.82. The average molecular weight is 484 g/mol. The molecule has 0 amide bonds. The van der Waals surface area contributed by atoms with Crippen LogP contribution < -0.4 is 4.74 Å². The molecular formula is C31H30FNO3. The molecule has 3 aliphatic rings. The van der Waals surface area contributed by atoms with Crippen LogP contribution in [0.15, 0.2) is 73.1 Å². The van der Waals surface area contributed by atoms with Gasteiger partial charge in [-0.1, -0.05) is 49.4 Å². The lowest BCUT2D eigenvalue weighted by Crippen LogP contribution is -2.40. The van der Waals surface area contributed by atoms with Crippen LogP contribution in [0.5, 0.6) is 5.75 Å². The summed E-state index contributed by atoms with van der Waals surface area (Å²) in [6, 6.07) is 16.8. The fourth-order valence-electron chi connectivity index (χ4n) is 7.23. The number of hydrogen-bond donors (Lipinski definition) is 1. The van der Waals surface area contributed by atoms with Gasteiger partial charge in [0, 0.05) is 11.8 Å². The molecule has 0 radical (unpaired) electrons. The summed E-state index contributed by atoms with van der Waals surface area (Å²) in [4.78, 5) is 16.0. The van der Waals surface area contributed by atoms with Crippen LogP contribution in [0.1, 0.15) is 66.9 Å². The topological polar surface area (TPSA) is 59.4 Å². The Morgan fingerprint density at radius 3 is 2.75 bits per heavy atom. The maximum absolute atomic E-state index is 13.9. The molecule has 0 bridgehead atoms. The lowest BCUT2D eigenvalue weighted by molar-refractivity contribution is -0.145. The molecule has 4 nitrogen and oxygen atoms in total. The van der Waals surface area contributed by atoms with Crippen molar-refractivity contribution in [3.05, 3.63) is 101 Å². The molecule has 1 N–H and O–H groups in total. The molecule has 36 heavy (non-hydrogen) atoms. The quantitative estimate of drug-likeness (QED) is 0.426. The second kappa shape index (κ2) is 8.88. The number of ether oxygens (including phenoxy) is 1. The predicted molar refractivity (Wildman–Crippen MR) is 136 cm³/mol. The zero-order valence-electron chi connectivity index (χ0n) is 20.4. The van der Waals surface area contributed by atoms with E-state index in [2.05, 4.69) is 30.1 Å². The number of pyridine rings is 1. The van der Waals surface area contributed by atoms with Crippen molar-refractivity contribution in [1.82, 2.24) is 4.98 Å². The van der Waals surface area contributed by atoms with E-state index in [1.54, 1.807) is 24.4 Å². The van der Waals surface area contributed by atoms with E-state index >= 15 is 0 Å². The fraction of sp³-hybridized carbons (Fsp3) is 0.355. The number of aliphatic carboxylic acids is 1. The Bertz CT molecular complexity index is 1340. The maximum atomic E-state index is 13.9. The highest BCUT2D eigenvalue weighted by molar-refractivity contribution is 5.75. The molecule has 2 aromatic carbocycles. The third-order valence-corrected chi connectivity index (χ3v) is 8.88. The first kappa shape index (κ1) is 23.0. The normalized spacial score (nSPS) is 27.3. The van der Waals surface area contributed by atoms with Crippen molar-refractivity contribution < 1.29 is 19.0 Å². The Kier molecular flexibility index (Phi) is 5.66. The van der Waals surface area contributed by atoms with Crippen LogP contribution in [0.25, 0.3) is 5.57 Å². The SMILES string of the molecule is C[C@]12CC[C@@H]3c4ccc(OC(C(=O)O)c5ccccc5)cc4CC[C@H]3[C@@H]1CC=C2c1cncc(F)c1. The summed E-state index contributed by atoms with van der Waals surface area (Å²) in [5, 5.41) is 9.76. The molecule has 1 fully saturated rings. The molecule has 1 aromatic heterocycles. The molecule has 3 aliphatic carbocycles. The Morgan fingerprint density at radius 1 is 1.14 bits per heavy atom. The molecule has 184 valence electrons. The molecule has 3 aromatic rings. The predicted octanol–water partition coefficient (Wildman–Crippen LogP) is 6.98. The van der Waals surface area contributed by atoms with E-state index in [1.807, 2.05) is 24.3 Å². The molecule has 1 unspecified atom stereocenters. The van der Waals surface area contributed by atoms with Gasteiger partial charge in [-0.15, -0.1) is 0 Å². The van der Waals surface area contributed by atoms with Gasteiger partial charge in [-0.25, -0.2) is 9.18 Å². The van der Waals surface area contributed by atoms with Crippen LogP contribution >= 0.6 is 0 Å². The molecule has 0 spiro atoms. The van der Waals surface area contributed by atoms with Gasteiger partial charge in [0.25, 0.3) is 0 Å². The van der Waals surface area contributed by atoms with E-state index in [4.69, 9.17) is 4.74 Å². The summed E-state index contributed by atoms with van der Waals surface area (Å²) in [6.07, 6.45) is 9.60. The number of allylic oxidation sites excluding steroid dienone is 2. The second-order valence-electron chi connectivity index (χ2n) is 10.7. The summed E-state index contributed by atoms with van der Waals surface area (Å²) >= 11 is 0. The fourth-order valence-corrected chi connectivity index (χ4v) is 7.23. The first-order chi connectivity index (χ1) is 17.4. The summed E-state index contributed by atoms with van der Waals surface area (Å²) < 4.78 is 19.9. The number of nitrogens with zero attached hydrogens (tertiary/aromatic N) is 1. The molecule has 5 heteroatoms. The average Bonchev–Trinajstić information content (AvgIpc) is 3.24. The Hall–Kier alpha value is -3.47. The molecule has 6 rings (SSSR count). The van der Waals surface area contributed by atoms with Gasteiger partial charge >= 0.3 is 5.97 Å². The highest BCUT2D eigenvalue weighted by Crippen LogP contribution is 2.63. The van der Waals surface area contributed by atoms with Gasteiger partial charge in [0.2, 0.25) is 6.10 Å². The van der Waals surface area contributed by atoms with E-state index in [0.717, 1.165) is 37.7 Å². The first-order valence-electron chi connectivity index (χ1n) is 12.8. The first-order valence-corrected chi connectivity index (χ1v) is 12.8.